The number of nitrogens with zero attached hydrogens (tertiary/aromatic N) is 1. The third kappa shape index (κ3) is 5.35. The Bertz CT molecular complexity index is 907. The van der Waals surface area contributed by atoms with Crippen LogP contribution >= 0.6 is 0 Å². The number of nitrogens with one attached hydrogen (secondary N) is 1. The molecule has 0 fully saturated rings. The van der Waals surface area contributed by atoms with Crippen LogP contribution in [0.1, 0.15) is 39.2 Å². The molecule has 2 N–H and O–H groups in total. The van der Waals surface area contributed by atoms with Crippen LogP contribution in [-0.2, 0) is 23.8 Å². The van der Waals surface area contributed by atoms with Crippen molar-refractivity contribution in [3.8, 4) is 0 Å². The molecule has 0 aliphatic carbocycles. The van der Waals surface area contributed by atoms with Crippen molar-refractivity contribution in [1.29, 1.82) is 0 Å². The minimum atomic E-state index is -0.743. The van der Waals surface area contributed by atoms with Crippen molar-refractivity contribution in [3.05, 3.63) is 52.4 Å². The van der Waals surface area contributed by atoms with Gasteiger partial charge in [-0.1, -0.05) is 0 Å². The molecular formula is C21H28BN2O6+. The fourth-order valence-corrected chi connectivity index (χ4v) is 3.31. The molecule has 0 aromatic heterocycles. The number of hydrogen-bond acceptors (Lipinski definition) is 7. The molecule has 9 heteroatoms. The fraction of sp³-hybridized carbons (Fsp3) is 0.429. The Labute approximate surface area is 177 Å². The van der Waals surface area contributed by atoms with Gasteiger partial charge in [-0.2, -0.15) is 0 Å². The number of benzene rings is 1. The van der Waals surface area contributed by atoms with Gasteiger partial charge in [-0.3, -0.25) is 0 Å². The first-order chi connectivity index (χ1) is 14.2. The van der Waals surface area contributed by atoms with Crippen LogP contribution in [-0.4, -0.2) is 55.9 Å². The summed E-state index contributed by atoms with van der Waals surface area (Å²) >= 11 is 0. The molecule has 8 nitrogen and oxygen atoms in total. The summed E-state index contributed by atoms with van der Waals surface area (Å²) in [4.78, 5) is 25.9. The number of methoxy groups -OCH3 is 1. The average molecular weight is 415 g/mol. The molecule has 0 radical (unpaired) electrons. The van der Waals surface area contributed by atoms with E-state index in [1.165, 1.54) is 7.11 Å². The summed E-state index contributed by atoms with van der Waals surface area (Å²) in [5.74, 6) is -1.84. The van der Waals surface area contributed by atoms with Crippen molar-refractivity contribution in [3.63, 3.8) is 0 Å². The Kier molecular flexibility index (Phi) is 7.94. The number of esters is 2. The van der Waals surface area contributed by atoms with Gasteiger partial charge in [0, 0.05) is 0 Å². The van der Waals surface area contributed by atoms with Crippen LogP contribution in [0, 0.1) is 0 Å². The molecule has 1 aromatic carbocycles. The second kappa shape index (κ2) is 10.2. The molecule has 1 atom stereocenters. The predicted molar refractivity (Wildman–Crippen MR) is 111 cm³/mol. The Morgan fingerprint density at radius 3 is 2.37 bits per heavy atom. The van der Waals surface area contributed by atoms with E-state index in [0.29, 0.717) is 28.2 Å². The van der Waals surface area contributed by atoms with Crippen LogP contribution in [0.25, 0.3) is 0 Å². The Morgan fingerprint density at radius 2 is 1.80 bits per heavy atom. The van der Waals surface area contributed by atoms with E-state index in [1.807, 2.05) is 0 Å². The third-order valence-corrected chi connectivity index (χ3v) is 4.57. The number of carbonyl (C=O) groups is 2. The third-order valence-electron chi connectivity index (χ3n) is 4.57. The molecule has 1 unspecified atom stereocenters. The van der Waals surface area contributed by atoms with Crippen LogP contribution in [0.3, 0.4) is 0 Å². The molecule has 0 saturated carbocycles. The summed E-state index contributed by atoms with van der Waals surface area (Å²) < 4.78 is 16.5. The summed E-state index contributed by atoms with van der Waals surface area (Å²) in [6, 6.07) is 6.81. The average Bonchev–Trinajstić information content (AvgIpc) is 2.66. The summed E-state index contributed by atoms with van der Waals surface area (Å²) in [5, 5.41) is 12.8. The first-order valence-electron chi connectivity index (χ1n) is 9.62. The van der Waals surface area contributed by atoms with Gasteiger partial charge in [0.25, 0.3) is 0 Å². The van der Waals surface area contributed by atoms with Crippen molar-refractivity contribution in [1.82, 2.24) is 5.32 Å². The standard InChI is InChI=1S/C21H27BN2O6/c1-12(2)30-21(26)18-14(4)23-13(3)17(20(25)29-10-9-28-5)19(18)15-7-6-8-16(11-15)24(22)27/h6-8,11-12,19,22H,9-10H2,1-5H3,(H-,23,25,26,27)/p+1. The van der Waals surface area contributed by atoms with E-state index in [1.54, 1.807) is 52.0 Å². The molecule has 0 saturated heterocycles. The summed E-state index contributed by atoms with van der Waals surface area (Å²) in [7, 11) is 4.99. The van der Waals surface area contributed by atoms with Gasteiger partial charge in [-0.05, 0) is 0 Å². The van der Waals surface area contributed by atoms with E-state index in [2.05, 4.69) is 13.0 Å². The van der Waals surface area contributed by atoms with Gasteiger partial charge in [-0.25, -0.2) is 0 Å². The minimum absolute atomic E-state index is 0.0800. The maximum atomic E-state index is 13.0. The topological polar surface area (TPSA) is 97.1 Å². The second-order valence-corrected chi connectivity index (χ2v) is 7.21. The van der Waals surface area contributed by atoms with Crippen molar-refractivity contribution < 1.29 is 33.6 Å². The molecule has 1 aliphatic rings. The zero-order valence-corrected chi connectivity index (χ0v) is 18.0. The Balaban J connectivity index is 2.60. The SMILES string of the molecule is B=[N+](O)c1cccc(C2C(C(=O)OCCOC)=C(C)NC(C)=C2C(=O)OC(C)C)c1. The number of carbonyl (C=O) groups excluding carboxylic acids is 2. The van der Waals surface area contributed by atoms with Crippen LogP contribution in [0.2, 0.25) is 0 Å². The molecule has 1 aromatic rings. The van der Waals surface area contributed by atoms with E-state index < -0.39 is 17.9 Å². The summed E-state index contributed by atoms with van der Waals surface area (Å²) in [6.45, 7) is 7.35. The van der Waals surface area contributed by atoms with Crippen LogP contribution in [0.4, 0.5) is 5.69 Å². The van der Waals surface area contributed by atoms with E-state index >= 15 is 0 Å². The van der Waals surface area contributed by atoms with Gasteiger partial charge in [0.1, 0.15) is 0 Å². The molecule has 30 heavy (non-hydrogen) atoms. The van der Waals surface area contributed by atoms with Crippen molar-refractivity contribution in [2.45, 2.75) is 39.7 Å². The van der Waals surface area contributed by atoms with E-state index in [4.69, 9.17) is 14.2 Å². The van der Waals surface area contributed by atoms with Gasteiger partial charge >= 0.3 is 177 Å². The van der Waals surface area contributed by atoms with Gasteiger partial charge < -0.3 is 0 Å². The zero-order chi connectivity index (χ0) is 22.4. The quantitative estimate of drug-likeness (QED) is 0.291. The summed E-state index contributed by atoms with van der Waals surface area (Å²) in [6.07, 6.45) is -0.332. The van der Waals surface area contributed by atoms with Crippen molar-refractivity contribution >= 4 is 25.3 Å². The number of hydrogen-bond donors (Lipinski definition) is 2. The van der Waals surface area contributed by atoms with Crippen molar-refractivity contribution in [2.75, 3.05) is 20.3 Å². The molecule has 2 rings (SSSR count). The maximum absolute atomic E-state index is 13.0. The number of rotatable bonds is 8. The first-order valence-corrected chi connectivity index (χ1v) is 9.62. The van der Waals surface area contributed by atoms with Crippen LogP contribution in [0.5, 0.6) is 0 Å². The monoisotopic (exact) mass is 415 g/mol. The molecule has 0 spiro atoms. The van der Waals surface area contributed by atoms with E-state index in [9.17, 15) is 14.8 Å². The van der Waals surface area contributed by atoms with Crippen LogP contribution in [0.15, 0.2) is 46.8 Å². The molecule has 160 valence electrons. The van der Waals surface area contributed by atoms with Gasteiger partial charge in [-0.15, -0.1) is 0 Å². The Morgan fingerprint density at radius 1 is 1.17 bits per heavy atom. The molecule has 1 heterocycles. The zero-order valence-electron chi connectivity index (χ0n) is 18.0. The second-order valence-electron chi connectivity index (χ2n) is 7.21. The van der Waals surface area contributed by atoms with Crippen LogP contribution < -0.4 is 5.32 Å². The fourth-order valence-electron chi connectivity index (χ4n) is 3.31. The molecular weight excluding hydrogens is 387 g/mol. The van der Waals surface area contributed by atoms with Crippen molar-refractivity contribution in [2.24, 2.45) is 0 Å². The predicted octanol–water partition coefficient (Wildman–Crippen LogP) is 2.18. The number of ether oxygens (including phenoxy) is 3. The Hall–Kier alpha value is -2.94. The number of allylic oxidation sites excluding steroid dienone is 2. The summed E-state index contributed by atoms with van der Waals surface area (Å²) in [5.41, 5.74) is 2.77. The van der Waals surface area contributed by atoms with Gasteiger partial charge in [0.15, 0.2) is 0 Å². The first kappa shape index (κ1) is 23.3. The van der Waals surface area contributed by atoms with Gasteiger partial charge in [0.05, 0.1) is 0 Å². The number of dihydropyridines is 1. The normalized spacial score (nSPS) is 16.4. The van der Waals surface area contributed by atoms with E-state index in [-0.39, 0.29) is 24.9 Å². The molecule has 0 bridgehead atoms. The van der Waals surface area contributed by atoms with Gasteiger partial charge in [0.2, 0.25) is 0 Å². The molecule has 1 aliphatic heterocycles. The van der Waals surface area contributed by atoms with E-state index in [0.717, 1.165) is 4.64 Å². The molecule has 0 amide bonds.